The molecule has 9 heteroatoms. The van der Waals surface area contributed by atoms with E-state index in [0.717, 1.165) is 70.6 Å². The zero-order valence-electron chi connectivity index (χ0n) is 42.2. The van der Waals surface area contributed by atoms with E-state index in [1.165, 1.54) is 135 Å². The Morgan fingerprint density at radius 3 is 1.39 bits per heavy atom. The molecule has 0 radical (unpaired) electrons. The van der Waals surface area contributed by atoms with Crippen LogP contribution in [0.2, 0.25) is 0 Å². The van der Waals surface area contributed by atoms with Crippen LogP contribution >= 0.6 is 0 Å². The lowest BCUT2D eigenvalue weighted by molar-refractivity contribution is -0.302. The molecule has 1 aliphatic heterocycles. The Bertz CT molecular complexity index is 1260. The monoisotopic (exact) mass is 928 g/mol. The highest BCUT2D eigenvalue weighted by atomic mass is 16.7. The topological polar surface area (TPSA) is 149 Å². The third kappa shape index (κ3) is 35.7. The van der Waals surface area contributed by atoms with Crippen molar-refractivity contribution in [2.75, 3.05) is 13.2 Å². The van der Waals surface area contributed by atoms with Crippen LogP contribution in [0.15, 0.2) is 72.9 Å². The van der Waals surface area contributed by atoms with Gasteiger partial charge in [0.15, 0.2) is 6.29 Å². The smallest absolute Gasteiger partial charge is 0.220 e. The second-order valence-corrected chi connectivity index (χ2v) is 18.6. The van der Waals surface area contributed by atoms with Crippen molar-refractivity contribution >= 4 is 5.91 Å². The number of aliphatic hydroxyl groups is 5. The molecule has 0 aromatic heterocycles. The first kappa shape index (κ1) is 61.6. The van der Waals surface area contributed by atoms with Crippen molar-refractivity contribution in [2.24, 2.45) is 0 Å². The van der Waals surface area contributed by atoms with E-state index >= 15 is 0 Å². The Morgan fingerprint density at radius 1 is 0.530 bits per heavy atom. The zero-order valence-corrected chi connectivity index (χ0v) is 42.2. The van der Waals surface area contributed by atoms with E-state index in [4.69, 9.17) is 9.47 Å². The molecule has 1 rings (SSSR count). The molecule has 0 bridgehead atoms. The summed E-state index contributed by atoms with van der Waals surface area (Å²) in [7, 11) is 0. The van der Waals surface area contributed by atoms with Gasteiger partial charge in [0.1, 0.15) is 24.4 Å². The Labute approximate surface area is 404 Å². The Hall–Kier alpha value is -2.37. The normalized spacial score (nSPS) is 20.4. The summed E-state index contributed by atoms with van der Waals surface area (Å²) in [5.41, 5.74) is 0. The van der Waals surface area contributed by atoms with Crippen LogP contribution in [0.3, 0.4) is 0 Å². The maximum atomic E-state index is 13.0. The molecule has 0 spiro atoms. The van der Waals surface area contributed by atoms with Gasteiger partial charge >= 0.3 is 0 Å². The third-order valence-electron chi connectivity index (χ3n) is 12.5. The van der Waals surface area contributed by atoms with Crippen LogP contribution in [0.25, 0.3) is 0 Å². The molecule has 66 heavy (non-hydrogen) atoms. The molecular formula is C57H101NO8. The maximum Gasteiger partial charge on any atom is 0.220 e. The number of unbranched alkanes of at least 4 members (excludes halogenated alkanes) is 25. The molecule has 1 saturated heterocycles. The summed E-state index contributed by atoms with van der Waals surface area (Å²) in [6.45, 7) is 3.61. The second kappa shape index (κ2) is 46.4. The van der Waals surface area contributed by atoms with Crippen molar-refractivity contribution in [1.29, 1.82) is 0 Å². The van der Waals surface area contributed by atoms with Crippen molar-refractivity contribution in [3.63, 3.8) is 0 Å². The van der Waals surface area contributed by atoms with Gasteiger partial charge in [0, 0.05) is 6.42 Å². The van der Waals surface area contributed by atoms with Gasteiger partial charge in [0.05, 0.1) is 25.4 Å². The number of nitrogens with one attached hydrogen (secondary N) is 1. The Morgan fingerprint density at radius 2 is 0.939 bits per heavy atom. The van der Waals surface area contributed by atoms with E-state index in [2.05, 4.69) is 79.9 Å². The van der Waals surface area contributed by atoms with E-state index in [1.807, 2.05) is 6.08 Å². The fourth-order valence-corrected chi connectivity index (χ4v) is 8.24. The molecule has 6 N–H and O–H groups in total. The van der Waals surface area contributed by atoms with E-state index in [1.54, 1.807) is 6.08 Å². The summed E-state index contributed by atoms with van der Waals surface area (Å²) in [5, 5.41) is 54.1. The molecule has 1 amide bonds. The van der Waals surface area contributed by atoms with Crippen LogP contribution in [-0.4, -0.2) is 87.5 Å². The number of hydrogen-bond donors (Lipinski definition) is 6. The van der Waals surface area contributed by atoms with Crippen molar-refractivity contribution in [3.05, 3.63) is 72.9 Å². The standard InChI is InChI=1S/C57H101NO8/c1-3-5-7-9-11-13-14-15-16-17-18-19-20-21-22-23-24-25-26-27-28-29-30-31-32-33-34-35-36-37-38-39-41-43-45-47-53(61)58-50(51(60)46-44-42-40-12-10-8-6-4-2)49-65-57-56(64)55(63)54(62)52(48-59)66-57/h5,7,11,13,15-16,18-19,21-22,44,46,50-52,54-57,59-60,62-64H,3-4,6,8-10,12,14,17,20,23-43,45,47-49H2,1-2H3,(H,58,61)/b7-5-,13-11-,16-15-,19-18-,22-21-,46-44+. The minimum atomic E-state index is -1.57. The lowest BCUT2D eigenvalue weighted by atomic mass is 9.99. The van der Waals surface area contributed by atoms with E-state index in [9.17, 15) is 30.3 Å². The number of allylic oxidation sites excluding steroid dienone is 11. The lowest BCUT2D eigenvalue weighted by Crippen LogP contribution is -2.60. The number of carbonyl (C=O) groups excluding carboxylic acids is 1. The Balaban J connectivity index is 2.05. The van der Waals surface area contributed by atoms with E-state index in [-0.39, 0.29) is 12.5 Å². The van der Waals surface area contributed by atoms with Crippen LogP contribution in [0.1, 0.15) is 226 Å². The summed E-state index contributed by atoms with van der Waals surface area (Å²) in [4.78, 5) is 13.0. The molecule has 0 aliphatic carbocycles. The zero-order chi connectivity index (χ0) is 48.0. The molecule has 1 fully saturated rings. The van der Waals surface area contributed by atoms with Gasteiger partial charge in [-0.1, -0.05) is 228 Å². The average Bonchev–Trinajstić information content (AvgIpc) is 3.32. The molecule has 7 atom stereocenters. The molecule has 382 valence electrons. The lowest BCUT2D eigenvalue weighted by Gasteiger charge is -2.40. The minimum Gasteiger partial charge on any atom is -0.394 e. The van der Waals surface area contributed by atoms with Crippen LogP contribution in [0, 0.1) is 0 Å². The maximum absolute atomic E-state index is 13.0. The highest BCUT2D eigenvalue weighted by Crippen LogP contribution is 2.23. The highest BCUT2D eigenvalue weighted by Gasteiger charge is 2.44. The molecule has 7 unspecified atom stereocenters. The van der Waals surface area contributed by atoms with Crippen molar-refractivity contribution < 1.29 is 39.8 Å². The van der Waals surface area contributed by atoms with Gasteiger partial charge in [0.2, 0.25) is 5.91 Å². The molecule has 0 aromatic rings. The van der Waals surface area contributed by atoms with Gasteiger partial charge in [-0.3, -0.25) is 4.79 Å². The minimum absolute atomic E-state index is 0.180. The third-order valence-corrected chi connectivity index (χ3v) is 12.5. The first-order chi connectivity index (χ1) is 32.3. The van der Waals surface area contributed by atoms with Crippen molar-refractivity contribution in [2.45, 2.75) is 269 Å². The fraction of sp³-hybridized carbons (Fsp3) is 0.772. The predicted octanol–water partition coefficient (Wildman–Crippen LogP) is 12.9. The summed E-state index contributed by atoms with van der Waals surface area (Å²) in [6.07, 6.45) is 57.2. The number of aliphatic hydroxyl groups excluding tert-OH is 5. The molecule has 1 aliphatic rings. The van der Waals surface area contributed by atoms with E-state index in [0.29, 0.717) is 6.42 Å². The number of amides is 1. The van der Waals surface area contributed by atoms with Crippen LogP contribution in [0.4, 0.5) is 0 Å². The van der Waals surface area contributed by atoms with Gasteiger partial charge in [-0.15, -0.1) is 0 Å². The highest BCUT2D eigenvalue weighted by molar-refractivity contribution is 5.76. The number of ether oxygens (including phenoxy) is 2. The summed E-state index contributed by atoms with van der Waals surface area (Å²) >= 11 is 0. The molecule has 1 heterocycles. The molecule has 0 saturated carbocycles. The quantitative estimate of drug-likeness (QED) is 0.0261. The average molecular weight is 928 g/mol. The van der Waals surface area contributed by atoms with Crippen LogP contribution < -0.4 is 5.32 Å². The van der Waals surface area contributed by atoms with Gasteiger partial charge in [-0.05, 0) is 64.2 Å². The summed E-state index contributed by atoms with van der Waals surface area (Å²) < 4.78 is 11.2. The SMILES string of the molecule is CC/C=C\C/C=C\C/C=C\C/C=C\C/C=C\CCCCCCCCCCCCCCCCCCCCCC(=O)NC(COC1OC(CO)C(O)C(O)C1O)C(O)/C=C/CCCCCCCC. The van der Waals surface area contributed by atoms with Gasteiger partial charge in [-0.25, -0.2) is 0 Å². The number of rotatable bonds is 45. The number of carbonyl (C=O) groups is 1. The largest absolute Gasteiger partial charge is 0.394 e. The number of hydrogen-bond acceptors (Lipinski definition) is 8. The van der Waals surface area contributed by atoms with E-state index < -0.39 is 49.5 Å². The predicted molar refractivity (Wildman–Crippen MR) is 276 cm³/mol. The summed E-state index contributed by atoms with van der Waals surface area (Å²) in [5.74, 6) is -0.180. The second-order valence-electron chi connectivity index (χ2n) is 18.6. The van der Waals surface area contributed by atoms with Crippen molar-refractivity contribution in [1.82, 2.24) is 5.32 Å². The van der Waals surface area contributed by atoms with Gasteiger partial charge in [0.25, 0.3) is 0 Å². The Kier molecular flexibility index (Phi) is 43.3. The van der Waals surface area contributed by atoms with Gasteiger partial charge < -0.3 is 40.3 Å². The first-order valence-corrected chi connectivity index (χ1v) is 27.2. The molecular weight excluding hydrogens is 827 g/mol. The fourth-order valence-electron chi connectivity index (χ4n) is 8.24. The van der Waals surface area contributed by atoms with Crippen LogP contribution in [-0.2, 0) is 14.3 Å². The first-order valence-electron chi connectivity index (χ1n) is 27.2. The molecule has 9 nitrogen and oxygen atoms in total. The molecule has 0 aromatic carbocycles. The summed E-state index contributed by atoms with van der Waals surface area (Å²) in [6, 6.07) is -0.803. The van der Waals surface area contributed by atoms with Crippen molar-refractivity contribution in [3.8, 4) is 0 Å². The van der Waals surface area contributed by atoms with Gasteiger partial charge in [-0.2, -0.15) is 0 Å². The van der Waals surface area contributed by atoms with Crippen LogP contribution in [0.5, 0.6) is 0 Å².